The summed E-state index contributed by atoms with van der Waals surface area (Å²) >= 11 is 0. The van der Waals surface area contributed by atoms with Gasteiger partial charge in [-0.3, -0.25) is 4.31 Å². The number of hydrogen-bond acceptors (Lipinski definition) is 4. The van der Waals surface area contributed by atoms with Gasteiger partial charge in [-0.2, -0.15) is 0 Å². The predicted octanol–water partition coefficient (Wildman–Crippen LogP) is 6.52. The lowest BCUT2D eigenvalue weighted by Crippen LogP contribution is -2.36. The van der Waals surface area contributed by atoms with Gasteiger partial charge in [0.2, 0.25) is 0 Å². The van der Waals surface area contributed by atoms with Crippen LogP contribution in [0.5, 0.6) is 5.75 Å². The van der Waals surface area contributed by atoms with Crippen molar-refractivity contribution in [3.63, 3.8) is 0 Å². The Morgan fingerprint density at radius 2 is 1.77 bits per heavy atom. The molecule has 2 aromatic rings. The second-order valence-corrected chi connectivity index (χ2v) is 11.7. The monoisotopic (exact) mass is 501 g/mol. The zero-order chi connectivity index (χ0) is 25.5. The molecule has 5 nitrogen and oxygen atoms in total. The van der Waals surface area contributed by atoms with Crippen LogP contribution in [-0.2, 0) is 15.7 Å². The molecule has 0 spiro atoms. The van der Waals surface area contributed by atoms with E-state index in [1.165, 1.54) is 12.0 Å². The van der Waals surface area contributed by atoms with Gasteiger partial charge in [-0.15, -0.1) is 0 Å². The number of anilines is 1. The fourth-order valence-corrected chi connectivity index (χ4v) is 6.22. The molecular weight excluding hydrogens is 458 g/mol. The average Bonchev–Trinajstić information content (AvgIpc) is 2.83. The van der Waals surface area contributed by atoms with Gasteiger partial charge in [0.25, 0.3) is 0 Å². The van der Waals surface area contributed by atoms with Crippen LogP contribution in [0.1, 0.15) is 76.2 Å². The van der Waals surface area contributed by atoms with E-state index in [4.69, 9.17) is 9.47 Å². The maximum atomic E-state index is 13.7. The molecule has 1 saturated heterocycles. The van der Waals surface area contributed by atoms with Crippen molar-refractivity contribution in [2.45, 2.75) is 84.3 Å². The van der Waals surface area contributed by atoms with Crippen LogP contribution in [0.25, 0.3) is 0 Å². The summed E-state index contributed by atoms with van der Waals surface area (Å²) in [6, 6.07) is 11.9. The van der Waals surface area contributed by atoms with Crippen molar-refractivity contribution in [2.75, 3.05) is 24.1 Å². The summed E-state index contributed by atoms with van der Waals surface area (Å²) in [6.45, 7) is 14.8. The molecule has 0 bridgehead atoms. The lowest BCUT2D eigenvalue weighted by Gasteiger charge is -2.36. The summed E-state index contributed by atoms with van der Waals surface area (Å²) in [6.07, 6.45) is 3.15. The highest BCUT2D eigenvalue weighted by molar-refractivity contribution is 7.86. The SMILES string of the molecule is CCC.Cc1ccc(N(CC(C)C)S(=O)c2ccc3c(c2)C(O)CC(C2CCOCC2)O3)c(C)c1. The molecule has 0 aliphatic carbocycles. The third-order valence-electron chi connectivity index (χ3n) is 6.42. The lowest BCUT2D eigenvalue weighted by molar-refractivity contribution is -0.0151. The zero-order valence-electron chi connectivity index (χ0n) is 22.3. The molecule has 1 N–H and O–H groups in total. The largest absolute Gasteiger partial charge is 0.490 e. The van der Waals surface area contributed by atoms with Crippen LogP contribution in [-0.4, -0.2) is 35.2 Å². The van der Waals surface area contributed by atoms with Crippen LogP contribution < -0.4 is 9.04 Å². The van der Waals surface area contributed by atoms with Crippen molar-refractivity contribution >= 4 is 16.7 Å². The van der Waals surface area contributed by atoms with Gasteiger partial charge in [-0.05, 0) is 62.4 Å². The van der Waals surface area contributed by atoms with E-state index < -0.39 is 17.1 Å². The van der Waals surface area contributed by atoms with Crippen molar-refractivity contribution in [3.8, 4) is 5.75 Å². The first-order valence-electron chi connectivity index (χ1n) is 13.1. The maximum absolute atomic E-state index is 13.7. The highest BCUT2D eigenvalue weighted by Crippen LogP contribution is 2.40. The molecule has 0 aromatic heterocycles. The lowest BCUT2D eigenvalue weighted by atomic mass is 9.87. The quantitative estimate of drug-likeness (QED) is 0.490. The average molecular weight is 502 g/mol. The van der Waals surface area contributed by atoms with E-state index in [0.29, 0.717) is 35.4 Å². The van der Waals surface area contributed by atoms with Crippen LogP contribution in [0, 0.1) is 25.7 Å². The van der Waals surface area contributed by atoms with Gasteiger partial charge in [0, 0.05) is 37.7 Å². The summed E-state index contributed by atoms with van der Waals surface area (Å²) in [5, 5.41) is 10.9. The molecule has 0 saturated carbocycles. The van der Waals surface area contributed by atoms with E-state index in [2.05, 4.69) is 59.7 Å². The molecule has 2 heterocycles. The van der Waals surface area contributed by atoms with E-state index >= 15 is 0 Å². The number of aryl methyl sites for hydroxylation is 2. The van der Waals surface area contributed by atoms with Crippen LogP contribution in [0.3, 0.4) is 0 Å². The van der Waals surface area contributed by atoms with Gasteiger partial charge in [-0.25, -0.2) is 4.21 Å². The Labute approximate surface area is 214 Å². The minimum Gasteiger partial charge on any atom is -0.490 e. The molecule has 3 unspecified atom stereocenters. The van der Waals surface area contributed by atoms with Gasteiger partial charge in [0.05, 0.1) is 16.7 Å². The van der Waals surface area contributed by atoms with Gasteiger partial charge in [-0.1, -0.05) is 51.8 Å². The second-order valence-electron chi connectivity index (χ2n) is 10.3. The number of fused-ring (bicyclic) bond motifs is 1. The molecule has 0 amide bonds. The Bertz CT molecular complexity index is 987. The topological polar surface area (TPSA) is 59.0 Å². The van der Waals surface area contributed by atoms with Crippen molar-refractivity contribution in [2.24, 2.45) is 11.8 Å². The highest BCUT2D eigenvalue weighted by Gasteiger charge is 2.34. The smallest absolute Gasteiger partial charge is 0.152 e. The van der Waals surface area contributed by atoms with Crippen molar-refractivity contribution in [3.05, 3.63) is 53.1 Å². The molecule has 2 aromatic carbocycles. The number of nitrogens with zero attached hydrogens (tertiary/aromatic N) is 1. The van der Waals surface area contributed by atoms with Crippen molar-refractivity contribution < 1.29 is 18.8 Å². The van der Waals surface area contributed by atoms with Crippen molar-refractivity contribution in [1.82, 2.24) is 0 Å². The van der Waals surface area contributed by atoms with E-state index in [1.54, 1.807) is 0 Å². The fourth-order valence-electron chi connectivity index (χ4n) is 4.74. The van der Waals surface area contributed by atoms with E-state index in [1.807, 2.05) is 22.5 Å². The number of hydrogen-bond donors (Lipinski definition) is 1. The Morgan fingerprint density at radius 1 is 1.09 bits per heavy atom. The van der Waals surface area contributed by atoms with E-state index in [0.717, 1.165) is 42.9 Å². The molecule has 6 heteroatoms. The molecular formula is C29H43NO4S. The number of benzene rings is 2. The highest BCUT2D eigenvalue weighted by atomic mass is 32.2. The van der Waals surface area contributed by atoms with Crippen LogP contribution in [0.4, 0.5) is 5.69 Å². The van der Waals surface area contributed by atoms with Crippen molar-refractivity contribution in [1.29, 1.82) is 0 Å². The van der Waals surface area contributed by atoms with Crippen LogP contribution in [0.15, 0.2) is 41.3 Å². The third-order valence-corrected chi connectivity index (χ3v) is 7.82. The number of ether oxygens (including phenoxy) is 2. The van der Waals surface area contributed by atoms with Gasteiger partial charge < -0.3 is 14.6 Å². The molecule has 1 fully saturated rings. The molecule has 3 atom stereocenters. The summed E-state index contributed by atoms with van der Waals surface area (Å²) in [7, 11) is -1.39. The molecule has 4 rings (SSSR count). The predicted molar refractivity (Wildman–Crippen MR) is 144 cm³/mol. The van der Waals surface area contributed by atoms with E-state index in [9.17, 15) is 9.32 Å². The Morgan fingerprint density at radius 3 is 2.40 bits per heavy atom. The first kappa shape index (κ1) is 27.7. The Kier molecular flexibility index (Phi) is 10.2. The van der Waals surface area contributed by atoms with Gasteiger partial charge >= 0.3 is 0 Å². The maximum Gasteiger partial charge on any atom is 0.152 e. The number of aliphatic hydroxyl groups is 1. The fraction of sp³-hybridized carbons (Fsp3) is 0.586. The summed E-state index contributed by atoms with van der Waals surface area (Å²) in [5.41, 5.74) is 4.02. The number of rotatable bonds is 6. The molecule has 2 aliphatic rings. The summed E-state index contributed by atoms with van der Waals surface area (Å²) in [5.74, 6) is 1.47. The summed E-state index contributed by atoms with van der Waals surface area (Å²) < 4.78 is 27.5. The van der Waals surface area contributed by atoms with Crippen LogP contribution >= 0.6 is 0 Å². The molecule has 194 valence electrons. The van der Waals surface area contributed by atoms with Crippen LogP contribution in [0.2, 0.25) is 0 Å². The standard InChI is InChI=1S/C26H35NO4S.C3H8/c1-17(2)16-27(23-7-5-18(3)13-19(23)4)32(29)21-6-8-25-22(14-21)24(28)15-26(31-25)20-9-11-30-12-10-20;1-3-2/h5-8,13-14,17,20,24,26,28H,9-12,15-16H2,1-4H3;3H2,1-2H3. The Balaban J connectivity index is 0.00000108. The minimum absolute atomic E-state index is 0.00500. The Hall–Kier alpha value is -1.89. The second kappa shape index (κ2) is 12.9. The van der Waals surface area contributed by atoms with E-state index in [-0.39, 0.29) is 6.10 Å². The third kappa shape index (κ3) is 7.08. The molecule has 2 aliphatic heterocycles. The van der Waals surface area contributed by atoms with Gasteiger partial charge in [0.15, 0.2) is 11.0 Å². The minimum atomic E-state index is -1.39. The number of aliphatic hydroxyl groups excluding tert-OH is 1. The molecule has 35 heavy (non-hydrogen) atoms. The first-order chi connectivity index (χ1) is 16.7. The summed E-state index contributed by atoms with van der Waals surface area (Å²) in [4.78, 5) is 0.691. The van der Waals surface area contributed by atoms with Gasteiger partial charge in [0.1, 0.15) is 11.9 Å². The molecule has 0 radical (unpaired) electrons. The normalized spacial score (nSPS) is 20.9. The first-order valence-corrected chi connectivity index (χ1v) is 14.2. The zero-order valence-corrected chi connectivity index (χ0v) is 23.1.